The Balaban J connectivity index is 1.40. The highest BCUT2D eigenvalue weighted by atomic mass is 35.5. The van der Waals surface area contributed by atoms with Crippen molar-refractivity contribution < 1.29 is 4.79 Å². The van der Waals surface area contributed by atoms with Crippen LogP contribution in [0.2, 0.25) is 5.02 Å². The average molecular weight is 371 g/mol. The molecule has 0 radical (unpaired) electrons. The van der Waals surface area contributed by atoms with E-state index in [1.807, 2.05) is 18.2 Å². The van der Waals surface area contributed by atoms with Crippen molar-refractivity contribution in [2.45, 2.75) is 37.8 Å². The SMILES string of the molecule is O=C(NC1CCC(n2ncccc2=O)CC1)c1cc2cc(Cl)ccc2[nH]1. The van der Waals surface area contributed by atoms with E-state index in [1.165, 1.54) is 6.07 Å². The van der Waals surface area contributed by atoms with Crippen LogP contribution in [0.1, 0.15) is 42.2 Å². The number of benzene rings is 1. The largest absolute Gasteiger partial charge is 0.351 e. The van der Waals surface area contributed by atoms with Crippen LogP contribution in [0.15, 0.2) is 47.4 Å². The number of H-pyrrole nitrogens is 1. The fourth-order valence-electron chi connectivity index (χ4n) is 3.60. The van der Waals surface area contributed by atoms with Crippen LogP contribution >= 0.6 is 11.6 Å². The van der Waals surface area contributed by atoms with Gasteiger partial charge in [0, 0.05) is 34.2 Å². The predicted molar refractivity (Wildman–Crippen MR) is 101 cm³/mol. The summed E-state index contributed by atoms with van der Waals surface area (Å²) in [6, 6.07) is 10.7. The first-order valence-corrected chi connectivity index (χ1v) is 9.11. The highest BCUT2D eigenvalue weighted by molar-refractivity contribution is 6.31. The molecule has 1 aromatic carbocycles. The minimum atomic E-state index is -0.115. The fraction of sp³-hybridized carbons (Fsp3) is 0.316. The number of fused-ring (bicyclic) bond motifs is 1. The first kappa shape index (κ1) is 16.8. The zero-order chi connectivity index (χ0) is 18.1. The normalized spacial score (nSPS) is 20.2. The zero-order valence-corrected chi connectivity index (χ0v) is 14.9. The number of nitrogens with one attached hydrogen (secondary N) is 2. The number of aromatic nitrogens is 3. The van der Waals surface area contributed by atoms with Crippen molar-refractivity contribution in [1.82, 2.24) is 20.1 Å². The molecule has 1 amide bonds. The van der Waals surface area contributed by atoms with E-state index in [0.717, 1.165) is 36.6 Å². The molecule has 0 saturated heterocycles. The molecule has 2 N–H and O–H groups in total. The van der Waals surface area contributed by atoms with Crippen molar-refractivity contribution in [3.05, 3.63) is 63.7 Å². The number of carbonyl (C=O) groups is 1. The molecular formula is C19H19ClN4O2. The van der Waals surface area contributed by atoms with Gasteiger partial charge in [0.05, 0.1) is 6.04 Å². The first-order valence-electron chi connectivity index (χ1n) is 8.73. The van der Waals surface area contributed by atoms with E-state index in [1.54, 1.807) is 23.0 Å². The molecule has 0 spiro atoms. The number of carbonyl (C=O) groups excluding carboxylic acids is 1. The van der Waals surface area contributed by atoms with Crippen LogP contribution in [0, 0.1) is 0 Å². The molecule has 1 fully saturated rings. The van der Waals surface area contributed by atoms with E-state index in [9.17, 15) is 9.59 Å². The summed E-state index contributed by atoms with van der Waals surface area (Å²) in [7, 11) is 0. The number of nitrogens with zero attached hydrogens (tertiary/aromatic N) is 2. The Morgan fingerprint density at radius 2 is 2.00 bits per heavy atom. The minimum Gasteiger partial charge on any atom is -0.351 e. The van der Waals surface area contributed by atoms with Crippen LogP contribution in [-0.2, 0) is 0 Å². The third-order valence-electron chi connectivity index (χ3n) is 4.95. The van der Waals surface area contributed by atoms with Gasteiger partial charge in [0.25, 0.3) is 11.5 Å². The maximum Gasteiger partial charge on any atom is 0.267 e. The second-order valence-electron chi connectivity index (χ2n) is 6.70. The Morgan fingerprint density at radius 3 is 2.77 bits per heavy atom. The Kier molecular flexibility index (Phi) is 4.51. The number of rotatable bonds is 3. The van der Waals surface area contributed by atoms with Gasteiger partial charge in [-0.3, -0.25) is 9.59 Å². The summed E-state index contributed by atoms with van der Waals surface area (Å²) < 4.78 is 1.56. The van der Waals surface area contributed by atoms with E-state index in [2.05, 4.69) is 15.4 Å². The van der Waals surface area contributed by atoms with Crippen molar-refractivity contribution >= 4 is 28.4 Å². The van der Waals surface area contributed by atoms with E-state index in [-0.39, 0.29) is 23.6 Å². The van der Waals surface area contributed by atoms with E-state index in [0.29, 0.717) is 10.7 Å². The first-order chi connectivity index (χ1) is 12.6. The summed E-state index contributed by atoms with van der Waals surface area (Å²) in [6.45, 7) is 0. The molecule has 1 aliphatic rings. The molecule has 134 valence electrons. The van der Waals surface area contributed by atoms with Gasteiger partial charge in [0.2, 0.25) is 0 Å². The molecule has 3 aromatic rings. The van der Waals surface area contributed by atoms with Gasteiger partial charge >= 0.3 is 0 Å². The molecule has 26 heavy (non-hydrogen) atoms. The molecule has 6 nitrogen and oxygen atoms in total. The number of hydrogen-bond acceptors (Lipinski definition) is 3. The molecule has 4 rings (SSSR count). The van der Waals surface area contributed by atoms with Crippen LogP contribution in [0.3, 0.4) is 0 Å². The maximum absolute atomic E-state index is 12.5. The maximum atomic E-state index is 12.5. The van der Waals surface area contributed by atoms with Crippen molar-refractivity contribution in [3.63, 3.8) is 0 Å². The van der Waals surface area contributed by atoms with Crippen LogP contribution < -0.4 is 10.9 Å². The molecule has 1 saturated carbocycles. The number of halogens is 1. The minimum absolute atomic E-state index is 0.0725. The third-order valence-corrected chi connectivity index (χ3v) is 5.18. The van der Waals surface area contributed by atoms with Gasteiger partial charge in [0.15, 0.2) is 0 Å². The Hall–Kier alpha value is -2.60. The highest BCUT2D eigenvalue weighted by Crippen LogP contribution is 2.27. The lowest BCUT2D eigenvalue weighted by Crippen LogP contribution is -2.39. The number of hydrogen-bond donors (Lipinski definition) is 2. The van der Waals surface area contributed by atoms with Crippen LogP contribution in [0.5, 0.6) is 0 Å². The summed E-state index contributed by atoms with van der Waals surface area (Å²) in [6.07, 6.45) is 4.93. The van der Waals surface area contributed by atoms with Gasteiger partial charge in [-0.2, -0.15) is 5.10 Å². The predicted octanol–water partition coefficient (Wildman–Crippen LogP) is 3.29. The van der Waals surface area contributed by atoms with Crippen LogP contribution in [0.25, 0.3) is 10.9 Å². The van der Waals surface area contributed by atoms with E-state index < -0.39 is 0 Å². The Bertz CT molecular complexity index is 1000. The zero-order valence-electron chi connectivity index (χ0n) is 14.1. The molecule has 0 unspecified atom stereocenters. The Labute approximate surface area is 155 Å². The van der Waals surface area contributed by atoms with Gasteiger partial charge in [-0.15, -0.1) is 0 Å². The van der Waals surface area contributed by atoms with Crippen molar-refractivity contribution in [2.75, 3.05) is 0 Å². The molecule has 0 bridgehead atoms. The molecule has 0 aliphatic heterocycles. The fourth-order valence-corrected chi connectivity index (χ4v) is 3.78. The second kappa shape index (κ2) is 6.96. The van der Waals surface area contributed by atoms with Gasteiger partial charge in [-0.05, 0) is 56.0 Å². The third kappa shape index (κ3) is 3.37. The van der Waals surface area contributed by atoms with Crippen LogP contribution in [-0.4, -0.2) is 26.7 Å². The van der Waals surface area contributed by atoms with Gasteiger partial charge < -0.3 is 10.3 Å². The van der Waals surface area contributed by atoms with Gasteiger partial charge in [0.1, 0.15) is 5.69 Å². The second-order valence-corrected chi connectivity index (χ2v) is 7.14. The topological polar surface area (TPSA) is 79.8 Å². The molecule has 1 aliphatic carbocycles. The number of amides is 1. The van der Waals surface area contributed by atoms with Crippen molar-refractivity contribution in [1.29, 1.82) is 0 Å². The summed E-state index contributed by atoms with van der Waals surface area (Å²) in [5.74, 6) is -0.115. The summed E-state index contributed by atoms with van der Waals surface area (Å²) in [4.78, 5) is 27.5. The smallest absolute Gasteiger partial charge is 0.267 e. The standard InChI is InChI=1S/C19H19ClN4O2/c20-13-3-8-16-12(10-13)11-17(23-16)19(26)22-14-4-6-15(7-5-14)24-18(25)2-1-9-21-24/h1-3,8-11,14-15,23H,4-7H2,(H,22,26). The van der Waals surface area contributed by atoms with Gasteiger partial charge in [-0.25, -0.2) is 4.68 Å². The number of aromatic amines is 1. The summed E-state index contributed by atoms with van der Waals surface area (Å²) >= 11 is 5.99. The lowest BCUT2D eigenvalue weighted by molar-refractivity contribution is 0.0917. The molecule has 7 heteroatoms. The van der Waals surface area contributed by atoms with E-state index >= 15 is 0 Å². The van der Waals surface area contributed by atoms with Crippen molar-refractivity contribution in [2.24, 2.45) is 0 Å². The van der Waals surface area contributed by atoms with E-state index in [4.69, 9.17) is 11.6 Å². The quantitative estimate of drug-likeness (QED) is 0.742. The molecule has 2 aromatic heterocycles. The highest BCUT2D eigenvalue weighted by Gasteiger charge is 2.25. The molecular weight excluding hydrogens is 352 g/mol. The molecule has 2 heterocycles. The summed E-state index contributed by atoms with van der Waals surface area (Å²) in [5.41, 5.74) is 1.35. The van der Waals surface area contributed by atoms with Crippen molar-refractivity contribution in [3.8, 4) is 0 Å². The summed E-state index contributed by atoms with van der Waals surface area (Å²) in [5, 5.41) is 8.82. The molecule has 0 atom stereocenters. The monoisotopic (exact) mass is 370 g/mol. The van der Waals surface area contributed by atoms with Crippen LogP contribution in [0.4, 0.5) is 0 Å². The lowest BCUT2D eigenvalue weighted by atomic mass is 9.91. The Morgan fingerprint density at radius 1 is 1.19 bits per heavy atom. The average Bonchev–Trinajstić information content (AvgIpc) is 3.06. The lowest BCUT2D eigenvalue weighted by Gasteiger charge is -2.29. The van der Waals surface area contributed by atoms with Gasteiger partial charge in [-0.1, -0.05) is 11.6 Å².